The predicted molar refractivity (Wildman–Crippen MR) is 74.9 cm³/mol. The second-order valence-electron chi connectivity index (χ2n) is 6.22. The van der Waals surface area contributed by atoms with Gasteiger partial charge in [-0.2, -0.15) is 0 Å². The van der Waals surface area contributed by atoms with E-state index in [0.29, 0.717) is 25.2 Å². The van der Waals surface area contributed by atoms with Crippen LogP contribution in [0.25, 0.3) is 0 Å². The molecule has 4 nitrogen and oxygen atoms in total. The Kier molecular flexibility index (Phi) is 6.57. The predicted octanol–water partition coefficient (Wildman–Crippen LogP) is 1.24. The highest BCUT2D eigenvalue weighted by Crippen LogP contribution is 2.14. The molecule has 1 saturated heterocycles. The van der Waals surface area contributed by atoms with Gasteiger partial charge in [0, 0.05) is 32.3 Å². The van der Waals surface area contributed by atoms with Crippen molar-refractivity contribution < 1.29 is 9.84 Å². The zero-order valence-corrected chi connectivity index (χ0v) is 12.4. The number of aliphatic hydroxyl groups is 1. The molecule has 0 aliphatic carbocycles. The maximum absolute atomic E-state index is 10.3. The molecular weight excluding hydrogens is 228 g/mol. The van der Waals surface area contributed by atoms with Gasteiger partial charge in [0.2, 0.25) is 0 Å². The first-order chi connectivity index (χ1) is 8.39. The molecule has 1 aliphatic rings. The van der Waals surface area contributed by atoms with E-state index in [9.17, 15) is 5.11 Å². The maximum atomic E-state index is 10.3. The molecule has 2 N–H and O–H groups in total. The smallest absolute Gasteiger partial charge is 0.0869 e. The van der Waals surface area contributed by atoms with Crippen LogP contribution in [0.3, 0.4) is 0 Å². The molecule has 18 heavy (non-hydrogen) atoms. The third-order valence-electron chi connectivity index (χ3n) is 3.29. The van der Waals surface area contributed by atoms with Gasteiger partial charge in [-0.1, -0.05) is 13.8 Å². The summed E-state index contributed by atoms with van der Waals surface area (Å²) in [6.45, 7) is 9.18. The van der Waals surface area contributed by atoms with E-state index in [-0.39, 0.29) is 0 Å². The fraction of sp³-hybridized carbons (Fsp3) is 1.00. The molecule has 4 heteroatoms. The normalized spacial score (nSPS) is 24.5. The summed E-state index contributed by atoms with van der Waals surface area (Å²) in [5, 5.41) is 13.6. The number of likely N-dealkylation sites (N-methyl/N-ethyl adjacent to an activating group) is 1. The zero-order valence-electron chi connectivity index (χ0n) is 12.4. The highest BCUT2D eigenvalue weighted by molar-refractivity contribution is 4.81. The zero-order chi connectivity index (χ0) is 13.6. The quantitative estimate of drug-likeness (QED) is 0.721. The number of hydrogen-bond acceptors (Lipinski definition) is 4. The third kappa shape index (κ3) is 6.69. The minimum atomic E-state index is -0.687. The van der Waals surface area contributed by atoms with E-state index in [1.807, 2.05) is 6.92 Å². The van der Waals surface area contributed by atoms with Gasteiger partial charge in [0.1, 0.15) is 0 Å². The van der Waals surface area contributed by atoms with Gasteiger partial charge in [-0.05, 0) is 33.2 Å². The molecule has 0 bridgehead atoms. The van der Waals surface area contributed by atoms with Gasteiger partial charge in [0.25, 0.3) is 0 Å². The van der Waals surface area contributed by atoms with Crippen molar-refractivity contribution in [2.45, 2.75) is 57.8 Å². The molecule has 0 saturated carbocycles. The largest absolute Gasteiger partial charge is 0.388 e. The minimum absolute atomic E-state index is 0.345. The lowest BCUT2D eigenvalue weighted by Crippen LogP contribution is -2.49. The average molecular weight is 258 g/mol. The van der Waals surface area contributed by atoms with Crippen molar-refractivity contribution in [2.24, 2.45) is 0 Å². The van der Waals surface area contributed by atoms with Crippen molar-refractivity contribution >= 4 is 0 Å². The van der Waals surface area contributed by atoms with Crippen LogP contribution in [0.5, 0.6) is 0 Å². The van der Waals surface area contributed by atoms with Crippen LogP contribution in [0.4, 0.5) is 0 Å². The molecule has 1 aliphatic heterocycles. The summed E-state index contributed by atoms with van der Waals surface area (Å²) >= 11 is 0. The van der Waals surface area contributed by atoms with E-state index >= 15 is 0 Å². The Morgan fingerprint density at radius 3 is 2.72 bits per heavy atom. The molecule has 1 heterocycles. The van der Waals surface area contributed by atoms with E-state index in [4.69, 9.17) is 4.74 Å². The van der Waals surface area contributed by atoms with E-state index in [0.717, 1.165) is 19.6 Å². The van der Waals surface area contributed by atoms with Crippen LogP contribution in [0.1, 0.15) is 40.0 Å². The van der Waals surface area contributed by atoms with Crippen molar-refractivity contribution in [3.05, 3.63) is 0 Å². The van der Waals surface area contributed by atoms with Gasteiger partial charge < -0.3 is 20.1 Å². The SMILES string of the molecule is CC(C)NCC(C)(O)CN(C)CC1CCCCO1. The van der Waals surface area contributed by atoms with Crippen molar-refractivity contribution in [1.29, 1.82) is 0 Å². The minimum Gasteiger partial charge on any atom is -0.388 e. The third-order valence-corrected chi connectivity index (χ3v) is 3.29. The van der Waals surface area contributed by atoms with Crippen LogP contribution in [0.15, 0.2) is 0 Å². The summed E-state index contributed by atoms with van der Waals surface area (Å²) in [5.41, 5.74) is -0.687. The second-order valence-corrected chi connectivity index (χ2v) is 6.22. The fourth-order valence-corrected chi connectivity index (χ4v) is 2.42. The molecule has 2 unspecified atom stereocenters. The van der Waals surface area contributed by atoms with Gasteiger partial charge >= 0.3 is 0 Å². The Morgan fingerprint density at radius 2 is 2.17 bits per heavy atom. The van der Waals surface area contributed by atoms with Gasteiger partial charge in [-0.3, -0.25) is 0 Å². The van der Waals surface area contributed by atoms with Gasteiger partial charge in [-0.25, -0.2) is 0 Å². The number of ether oxygens (including phenoxy) is 1. The highest BCUT2D eigenvalue weighted by Gasteiger charge is 2.24. The summed E-state index contributed by atoms with van der Waals surface area (Å²) < 4.78 is 5.72. The molecule has 1 fully saturated rings. The monoisotopic (exact) mass is 258 g/mol. The Bertz CT molecular complexity index is 226. The molecule has 0 aromatic rings. The highest BCUT2D eigenvalue weighted by atomic mass is 16.5. The van der Waals surface area contributed by atoms with Crippen LogP contribution in [0.2, 0.25) is 0 Å². The van der Waals surface area contributed by atoms with Gasteiger partial charge in [0.15, 0.2) is 0 Å². The summed E-state index contributed by atoms with van der Waals surface area (Å²) in [4.78, 5) is 2.18. The summed E-state index contributed by atoms with van der Waals surface area (Å²) in [7, 11) is 2.06. The number of hydrogen-bond donors (Lipinski definition) is 2. The Labute approximate surface area is 112 Å². The van der Waals surface area contributed by atoms with Crippen LogP contribution >= 0.6 is 0 Å². The molecule has 0 aromatic carbocycles. The van der Waals surface area contributed by atoms with Gasteiger partial charge in [0.05, 0.1) is 11.7 Å². The van der Waals surface area contributed by atoms with Crippen molar-refractivity contribution in [3.63, 3.8) is 0 Å². The van der Waals surface area contributed by atoms with Crippen molar-refractivity contribution in [1.82, 2.24) is 10.2 Å². The van der Waals surface area contributed by atoms with Crippen molar-refractivity contribution in [3.8, 4) is 0 Å². The first kappa shape index (κ1) is 15.9. The van der Waals surface area contributed by atoms with Crippen LogP contribution in [-0.4, -0.2) is 61.0 Å². The molecule has 2 atom stereocenters. The summed E-state index contributed by atoms with van der Waals surface area (Å²) in [5.74, 6) is 0. The first-order valence-corrected chi connectivity index (χ1v) is 7.15. The molecule has 0 spiro atoms. The van der Waals surface area contributed by atoms with E-state index in [2.05, 4.69) is 31.1 Å². The maximum Gasteiger partial charge on any atom is 0.0869 e. The Morgan fingerprint density at radius 1 is 1.44 bits per heavy atom. The number of nitrogens with zero attached hydrogens (tertiary/aromatic N) is 1. The average Bonchev–Trinajstić information content (AvgIpc) is 2.27. The molecule has 0 radical (unpaired) electrons. The lowest BCUT2D eigenvalue weighted by atomic mass is 10.0. The Balaban J connectivity index is 2.26. The van der Waals surface area contributed by atoms with E-state index < -0.39 is 5.60 Å². The summed E-state index contributed by atoms with van der Waals surface area (Å²) in [6, 6.07) is 0.406. The molecule has 108 valence electrons. The second kappa shape index (κ2) is 7.43. The van der Waals surface area contributed by atoms with Gasteiger partial charge in [-0.15, -0.1) is 0 Å². The van der Waals surface area contributed by atoms with Crippen LogP contribution in [0, 0.1) is 0 Å². The standard InChI is InChI=1S/C14H30N2O2/c1-12(2)15-10-14(3,17)11-16(4)9-13-7-5-6-8-18-13/h12-13,15,17H,5-11H2,1-4H3. The van der Waals surface area contributed by atoms with Crippen LogP contribution < -0.4 is 5.32 Å². The summed E-state index contributed by atoms with van der Waals surface area (Å²) in [6.07, 6.45) is 3.95. The number of nitrogens with one attached hydrogen (secondary N) is 1. The lowest BCUT2D eigenvalue weighted by molar-refractivity contribution is -0.0235. The fourth-order valence-electron chi connectivity index (χ4n) is 2.42. The van der Waals surface area contributed by atoms with Crippen LogP contribution in [-0.2, 0) is 4.74 Å². The molecule has 0 aromatic heterocycles. The molecule has 0 amide bonds. The van der Waals surface area contributed by atoms with E-state index in [1.165, 1.54) is 12.8 Å². The molecule has 1 rings (SSSR count). The topological polar surface area (TPSA) is 44.7 Å². The lowest BCUT2D eigenvalue weighted by Gasteiger charge is -2.33. The Hall–Kier alpha value is -0.160. The first-order valence-electron chi connectivity index (χ1n) is 7.15. The molecular formula is C14H30N2O2. The number of rotatable bonds is 7. The van der Waals surface area contributed by atoms with E-state index in [1.54, 1.807) is 0 Å². The van der Waals surface area contributed by atoms with Crippen molar-refractivity contribution in [2.75, 3.05) is 33.3 Å².